The number of pyridine rings is 1. The van der Waals surface area contributed by atoms with Crippen LogP contribution in [0.3, 0.4) is 0 Å². The number of hydrogen-bond acceptors (Lipinski definition) is 9. The fourth-order valence-corrected chi connectivity index (χ4v) is 9.38. The number of amides is 6. The van der Waals surface area contributed by atoms with Gasteiger partial charge in [-0.15, -0.1) is 11.3 Å². The summed E-state index contributed by atoms with van der Waals surface area (Å²) in [5, 5.41) is 10.7. The van der Waals surface area contributed by atoms with Crippen LogP contribution < -0.4 is 16.0 Å². The zero-order chi connectivity index (χ0) is 46.3. The summed E-state index contributed by atoms with van der Waals surface area (Å²) in [6, 6.07) is 27.1. The SMILES string of the molecule is CN1C(=O)[C@@H](Cc2ccccc2)NC(=O)[C@H](CCCc2ccccc2)NC(=O)CN(CCCc2ccccc2)C(=O)[C@H]2CCCN2C(=O)[C@H](Cc2cccnc2)NC(=O)[C@@H]1Cc1cscn1. The van der Waals surface area contributed by atoms with Crippen molar-refractivity contribution in [1.29, 1.82) is 0 Å². The molecule has 2 aliphatic heterocycles. The van der Waals surface area contributed by atoms with Gasteiger partial charge in [0.25, 0.3) is 0 Å². The van der Waals surface area contributed by atoms with Crippen molar-refractivity contribution in [2.45, 2.75) is 94.4 Å². The van der Waals surface area contributed by atoms with E-state index in [-0.39, 0.29) is 51.2 Å². The van der Waals surface area contributed by atoms with Gasteiger partial charge in [-0.3, -0.25) is 33.8 Å². The summed E-state index contributed by atoms with van der Waals surface area (Å²) < 4.78 is 0. The van der Waals surface area contributed by atoms with Gasteiger partial charge in [0, 0.05) is 57.2 Å². The molecule has 4 heterocycles. The molecule has 0 unspecified atom stereocenters. The number of aromatic nitrogens is 2. The minimum atomic E-state index is -1.16. The van der Waals surface area contributed by atoms with Crippen molar-refractivity contribution in [3.05, 3.63) is 154 Å². The summed E-state index contributed by atoms with van der Waals surface area (Å²) in [6.45, 7) is 0.140. The topological polar surface area (TPSA) is 174 Å². The number of fused-ring (bicyclic) bond motifs is 1. The molecule has 2 aromatic heterocycles. The van der Waals surface area contributed by atoms with Gasteiger partial charge in [0.15, 0.2) is 0 Å². The molecule has 0 spiro atoms. The number of carbonyl (C=O) groups excluding carboxylic acids is 6. The van der Waals surface area contributed by atoms with Crippen LogP contribution in [0.1, 0.15) is 60.1 Å². The fourth-order valence-electron chi connectivity index (χ4n) is 8.81. The summed E-state index contributed by atoms with van der Waals surface area (Å²) in [5.41, 5.74) is 5.81. The van der Waals surface area contributed by atoms with Crippen LogP contribution in [0.25, 0.3) is 0 Å². The van der Waals surface area contributed by atoms with Crippen LogP contribution in [0, 0.1) is 0 Å². The standard InChI is InChI=1S/C51H58N8O6S/c1-57-45(31-40-34-66-35-53-40)48(62)56-43(30-39-22-12-26-52-32-39)50(64)59-28-14-25-44(59)51(65)58(27-13-23-37-17-7-3-8-18-37)33-46(60)54-41(24-11-21-36-15-5-2-6-16-36)47(61)55-42(49(57)63)29-38-19-9-4-10-20-38/h2-10,12,15-20,22,26,32,34-35,41-45H,11,13-14,21,23-25,27-31,33H2,1H3,(H,54,60)(H,55,61)(H,56,62)/t41-,42+,43-,44+,45-/m0/s1. The number of likely N-dealkylation sites (N-methyl/N-ethyl adjacent to an activating group) is 1. The van der Waals surface area contributed by atoms with E-state index in [1.807, 2.05) is 97.1 Å². The molecule has 2 saturated heterocycles. The molecule has 0 aliphatic carbocycles. The van der Waals surface area contributed by atoms with Crippen LogP contribution in [-0.4, -0.2) is 117 Å². The molecular weight excluding hydrogens is 853 g/mol. The number of benzene rings is 3. The maximum absolute atomic E-state index is 14.9. The van der Waals surface area contributed by atoms with Crippen molar-refractivity contribution in [3.8, 4) is 0 Å². The van der Waals surface area contributed by atoms with Gasteiger partial charge < -0.3 is 30.7 Å². The second-order valence-corrected chi connectivity index (χ2v) is 17.8. The van der Waals surface area contributed by atoms with Crippen molar-refractivity contribution < 1.29 is 28.8 Å². The van der Waals surface area contributed by atoms with Gasteiger partial charge in [-0.25, -0.2) is 4.98 Å². The Morgan fingerprint density at radius 3 is 1.92 bits per heavy atom. The summed E-state index contributed by atoms with van der Waals surface area (Å²) in [5.74, 6) is -3.06. The number of nitrogens with one attached hydrogen (secondary N) is 3. The first-order valence-electron chi connectivity index (χ1n) is 22.8. The van der Waals surface area contributed by atoms with Crippen LogP contribution in [0.5, 0.6) is 0 Å². The third-order valence-corrected chi connectivity index (χ3v) is 13.0. The van der Waals surface area contributed by atoms with E-state index < -0.39 is 59.7 Å². The third kappa shape index (κ3) is 13.0. The minimum Gasteiger partial charge on any atom is -0.343 e. The smallest absolute Gasteiger partial charge is 0.246 e. The molecule has 15 heteroatoms. The molecule has 3 aromatic carbocycles. The molecule has 344 valence electrons. The highest BCUT2D eigenvalue weighted by Gasteiger charge is 2.42. The first-order chi connectivity index (χ1) is 32.1. The lowest BCUT2D eigenvalue weighted by atomic mass is 10.00. The van der Waals surface area contributed by atoms with Gasteiger partial charge in [0.05, 0.1) is 17.7 Å². The Morgan fingerprint density at radius 2 is 1.27 bits per heavy atom. The maximum Gasteiger partial charge on any atom is 0.246 e. The van der Waals surface area contributed by atoms with Gasteiger partial charge in [0.2, 0.25) is 35.4 Å². The average Bonchev–Trinajstić information content (AvgIpc) is 4.06. The Labute approximate surface area is 390 Å². The highest BCUT2D eigenvalue weighted by Crippen LogP contribution is 2.23. The molecule has 3 N–H and O–H groups in total. The fraction of sp³-hybridized carbons (Fsp3) is 0.373. The third-order valence-electron chi connectivity index (χ3n) is 12.3. The number of carbonyl (C=O) groups is 6. The van der Waals surface area contributed by atoms with E-state index in [1.165, 1.54) is 33.1 Å². The summed E-state index contributed by atoms with van der Waals surface area (Å²) in [6.07, 6.45) is 6.94. The molecule has 6 amide bonds. The Hall–Kier alpha value is -6.74. The molecule has 5 aromatic rings. The number of thiazole rings is 1. The zero-order valence-electron chi connectivity index (χ0n) is 37.3. The average molecular weight is 911 g/mol. The molecular formula is C51H58N8O6S. The van der Waals surface area contributed by atoms with Crippen LogP contribution in [0.15, 0.2) is 126 Å². The molecule has 2 aliphatic rings. The van der Waals surface area contributed by atoms with Gasteiger partial charge in [-0.1, -0.05) is 97.1 Å². The molecule has 0 radical (unpaired) electrons. The Balaban J connectivity index is 1.26. The molecule has 5 atom stereocenters. The van der Waals surface area contributed by atoms with E-state index in [2.05, 4.69) is 25.9 Å². The van der Waals surface area contributed by atoms with Crippen molar-refractivity contribution in [2.24, 2.45) is 0 Å². The van der Waals surface area contributed by atoms with Crippen molar-refractivity contribution in [2.75, 3.05) is 26.7 Å². The quantitative estimate of drug-likeness (QED) is 0.148. The maximum atomic E-state index is 14.9. The summed E-state index contributed by atoms with van der Waals surface area (Å²) in [7, 11) is 1.51. The lowest BCUT2D eigenvalue weighted by molar-refractivity contribution is -0.148. The first-order valence-corrected chi connectivity index (χ1v) is 23.7. The number of nitrogens with zero attached hydrogens (tertiary/aromatic N) is 5. The Bertz CT molecular complexity index is 2370. The number of aryl methyl sites for hydroxylation is 2. The number of hydrogen-bond donors (Lipinski definition) is 3. The second-order valence-electron chi connectivity index (χ2n) is 17.1. The Morgan fingerprint density at radius 1 is 0.652 bits per heavy atom. The van der Waals surface area contributed by atoms with E-state index in [1.54, 1.807) is 29.4 Å². The van der Waals surface area contributed by atoms with Gasteiger partial charge in [0.1, 0.15) is 30.2 Å². The first kappa shape index (κ1) is 47.2. The molecule has 66 heavy (non-hydrogen) atoms. The van der Waals surface area contributed by atoms with Crippen LogP contribution in [-0.2, 0) is 60.9 Å². The largest absolute Gasteiger partial charge is 0.343 e. The second kappa shape index (κ2) is 23.4. The minimum absolute atomic E-state index is 0.0261. The zero-order valence-corrected chi connectivity index (χ0v) is 38.1. The van der Waals surface area contributed by atoms with Gasteiger partial charge >= 0.3 is 0 Å². The molecule has 2 fully saturated rings. The van der Waals surface area contributed by atoms with E-state index in [9.17, 15) is 28.8 Å². The predicted octanol–water partition coefficient (Wildman–Crippen LogP) is 4.34. The number of rotatable bonds is 14. The lowest BCUT2D eigenvalue weighted by Crippen LogP contribution is -2.61. The van der Waals surface area contributed by atoms with E-state index in [0.717, 1.165) is 16.7 Å². The molecule has 0 bridgehead atoms. The Kier molecular flexibility index (Phi) is 16.8. The normalized spacial score (nSPS) is 21.4. The summed E-state index contributed by atoms with van der Waals surface area (Å²) in [4.78, 5) is 101. The van der Waals surface area contributed by atoms with E-state index in [0.29, 0.717) is 49.8 Å². The van der Waals surface area contributed by atoms with Crippen LogP contribution in [0.2, 0.25) is 0 Å². The van der Waals surface area contributed by atoms with Crippen LogP contribution in [0.4, 0.5) is 0 Å². The van der Waals surface area contributed by atoms with Crippen molar-refractivity contribution in [1.82, 2.24) is 40.6 Å². The monoisotopic (exact) mass is 910 g/mol. The van der Waals surface area contributed by atoms with Crippen molar-refractivity contribution in [3.63, 3.8) is 0 Å². The highest BCUT2D eigenvalue weighted by atomic mass is 32.1. The van der Waals surface area contributed by atoms with E-state index >= 15 is 0 Å². The van der Waals surface area contributed by atoms with Gasteiger partial charge in [-0.05, 0) is 73.3 Å². The van der Waals surface area contributed by atoms with Crippen molar-refractivity contribution >= 4 is 46.8 Å². The van der Waals surface area contributed by atoms with Crippen LogP contribution >= 0.6 is 11.3 Å². The van der Waals surface area contributed by atoms with Gasteiger partial charge in [-0.2, -0.15) is 0 Å². The highest BCUT2D eigenvalue weighted by molar-refractivity contribution is 7.07. The molecule has 7 rings (SSSR count). The molecule has 0 saturated carbocycles. The van der Waals surface area contributed by atoms with E-state index in [4.69, 9.17) is 0 Å². The summed E-state index contributed by atoms with van der Waals surface area (Å²) >= 11 is 1.35. The molecule has 14 nitrogen and oxygen atoms in total. The lowest BCUT2D eigenvalue weighted by Gasteiger charge is -2.35. The predicted molar refractivity (Wildman–Crippen MR) is 252 cm³/mol.